The predicted molar refractivity (Wildman–Crippen MR) is 134 cm³/mol. The van der Waals surface area contributed by atoms with Crippen molar-refractivity contribution in [2.75, 3.05) is 0 Å². The van der Waals surface area contributed by atoms with Crippen LogP contribution in [-0.4, -0.2) is 0 Å². The highest BCUT2D eigenvalue weighted by Gasteiger charge is 2.19. The standard InChI is InChI=1S/C21H33I3/c1-4-7-10-13-16-19(22)17(14-11-8-5-2)21(24)18(20(16)23)15-12-9-6-3/h4-15H2,1-3H3. The van der Waals surface area contributed by atoms with Gasteiger partial charge in [0, 0.05) is 10.7 Å². The van der Waals surface area contributed by atoms with Crippen LogP contribution in [0.15, 0.2) is 0 Å². The highest BCUT2D eigenvalue weighted by molar-refractivity contribution is 14.1. The topological polar surface area (TPSA) is 0 Å². The quantitative estimate of drug-likeness (QED) is 0.155. The Morgan fingerprint density at radius 1 is 0.458 bits per heavy atom. The van der Waals surface area contributed by atoms with Gasteiger partial charge in [0.05, 0.1) is 0 Å². The summed E-state index contributed by atoms with van der Waals surface area (Å²) in [4.78, 5) is 0. The first-order valence-corrected chi connectivity index (χ1v) is 13.0. The molecule has 1 rings (SSSR count). The van der Waals surface area contributed by atoms with E-state index in [4.69, 9.17) is 0 Å². The van der Waals surface area contributed by atoms with Crippen molar-refractivity contribution in [3.63, 3.8) is 0 Å². The Morgan fingerprint density at radius 2 is 0.708 bits per heavy atom. The molecule has 0 fully saturated rings. The first-order valence-electron chi connectivity index (χ1n) is 9.75. The van der Waals surface area contributed by atoms with Crippen LogP contribution in [0.1, 0.15) is 95.2 Å². The molecule has 0 radical (unpaired) electrons. The third-order valence-corrected chi connectivity index (χ3v) is 8.59. The second kappa shape index (κ2) is 13.6. The van der Waals surface area contributed by atoms with Crippen LogP contribution in [0, 0.1) is 10.7 Å². The third kappa shape index (κ3) is 7.20. The van der Waals surface area contributed by atoms with Crippen molar-refractivity contribution < 1.29 is 0 Å². The maximum atomic E-state index is 2.65. The lowest BCUT2D eigenvalue weighted by atomic mass is 9.95. The van der Waals surface area contributed by atoms with E-state index in [9.17, 15) is 0 Å². The van der Waals surface area contributed by atoms with Gasteiger partial charge in [-0.3, -0.25) is 0 Å². The van der Waals surface area contributed by atoms with Gasteiger partial charge >= 0.3 is 0 Å². The van der Waals surface area contributed by atoms with E-state index >= 15 is 0 Å². The number of hydrogen-bond donors (Lipinski definition) is 0. The summed E-state index contributed by atoms with van der Waals surface area (Å²) in [7, 11) is 0. The minimum Gasteiger partial charge on any atom is -0.0654 e. The van der Waals surface area contributed by atoms with Crippen LogP contribution in [0.4, 0.5) is 0 Å². The molecular formula is C21H33I3. The molecule has 0 saturated heterocycles. The lowest BCUT2D eigenvalue weighted by Crippen LogP contribution is -2.09. The molecule has 0 bridgehead atoms. The second-order valence-electron chi connectivity index (χ2n) is 6.75. The summed E-state index contributed by atoms with van der Waals surface area (Å²) in [5, 5.41) is 0. The summed E-state index contributed by atoms with van der Waals surface area (Å²) in [5.41, 5.74) is 4.97. The summed E-state index contributed by atoms with van der Waals surface area (Å²) in [6.45, 7) is 6.91. The van der Waals surface area contributed by atoms with Crippen molar-refractivity contribution in [3.8, 4) is 0 Å². The van der Waals surface area contributed by atoms with Gasteiger partial charge in [0.25, 0.3) is 0 Å². The number of rotatable bonds is 12. The largest absolute Gasteiger partial charge is 0.0654 e. The molecule has 0 aliphatic rings. The molecule has 1 aromatic rings. The van der Waals surface area contributed by atoms with Gasteiger partial charge < -0.3 is 0 Å². The number of halogens is 3. The summed E-state index contributed by atoms with van der Waals surface area (Å²) in [5.74, 6) is 0. The molecule has 0 unspecified atom stereocenters. The van der Waals surface area contributed by atoms with Crippen LogP contribution < -0.4 is 0 Å². The third-order valence-electron chi connectivity index (χ3n) is 4.68. The Hall–Kier alpha value is 1.41. The minimum atomic E-state index is 1.27. The van der Waals surface area contributed by atoms with Gasteiger partial charge in [-0.1, -0.05) is 59.3 Å². The van der Waals surface area contributed by atoms with Crippen LogP contribution in [0.3, 0.4) is 0 Å². The smallest absolute Gasteiger partial charge is 0.0215 e. The van der Waals surface area contributed by atoms with Gasteiger partial charge in [-0.05, 0) is 123 Å². The molecule has 0 saturated carbocycles. The normalized spacial score (nSPS) is 11.2. The van der Waals surface area contributed by atoms with Gasteiger partial charge in [-0.2, -0.15) is 0 Å². The fraction of sp³-hybridized carbons (Fsp3) is 0.714. The zero-order valence-corrected chi connectivity index (χ0v) is 22.1. The first-order chi connectivity index (χ1) is 11.6. The van der Waals surface area contributed by atoms with Crippen molar-refractivity contribution in [2.24, 2.45) is 0 Å². The average Bonchev–Trinajstić information content (AvgIpc) is 2.57. The lowest BCUT2D eigenvalue weighted by molar-refractivity contribution is 0.691. The SMILES string of the molecule is CCCCCc1c(I)c(CCCCC)c(I)c(CCCCC)c1I. The average molecular weight is 666 g/mol. The Bertz CT molecular complexity index is 402. The predicted octanol–water partition coefficient (Wildman–Crippen LogP) is 8.70. The van der Waals surface area contributed by atoms with Crippen molar-refractivity contribution in [1.29, 1.82) is 0 Å². The van der Waals surface area contributed by atoms with Gasteiger partial charge in [0.1, 0.15) is 0 Å². The van der Waals surface area contributed by atoms with E-state index in [1.807, 2.05) is 0 Å². The zero-order valence-electron chi connectivity index (χ0n) is 15.6. The van der Waals surface area contributed by atoms with Crippen LogP contribution in [0.5, 0.6) is 0 Å². The van der Waals surface area contributed by atoms with E-state index in [0.717, 1.165) is 0 Å². The van der Waals surface area contributed by atoms with Gasteiger partial charge in [-0.15, -0.1) is 0 Å². The van der Waals surface area contributed by atoms with Crippen molar-refractivity contribution >= 4 is 67.8 Å². The molecule has 1 aromatic carbocycles. The molecule has 0 spiro atoms. The van der Waals surface area contributed by atoms with Crippen LogP contribution in [0.25, 0.3) is 0 Å². The second-order valence-corrected chi connectivity index (χ2v) is 9.99. The van der Waals surface area contributed by atoms with Crippen LogP contribution in [0.2, 0.25) is 0 Å². The molecule has 0 atom stereocenters. The highest BCUT2D eigenvalue weighted by atomic mass is 127. The molecule has 0 N–H and O–H groups in total. The molecule has 0 aromatic heterocycles. The summed E-state index contributed by atoms with van der Waals surface area (Å²) >= 11 is 7.94. The van der Waals surface area contributed by atoms with Crippen molar-refractivity contribution in [1.82, 2.24) is 0 Å². The molecule has 0 aliphatic heterocycles. The number of hydrogen-bond acceptors (Lipinski definition) is 0. The molecule has 0 nitrogen and oxygen atoms in total. The monoisotopic (exact) mass is 666 g/mol. The molecule has 0 amide bonds. The molecule has 138 valence electrons. The number of unbranched alkanes of at least 4 members (excludes halogenated alkanes) is 6. The molecule has 0 heterocycles. The van der Waals surface area contributed by atoms with E-state index in [2.05, 4.69) is 88.5 Å². The number of benzene rings is 1. The van der Waals surface area contributed by atoms with E-state index in [0.29, 0.717) is 0 Å². The van der Waals surface area contributed by atoms with Crippen LogP contribution >= 0.6 is 67.8 Å². The Morgan fingerprint density at radius 3 is 0.917 bits per heavy atom. The first kappa shape index (κ1) is 23.4. The minimum absolute atomic E-state index is 1.27. The molecule has 3 heteroatoms. The van der Waals surface area contributed by atoms with Gasteiger partial charge in [0.2, 0.25) is 0 Å². The maximum absolute atomic E-state index is 2.65. The maximum Gasteiger partial charge on any atom is 0.0215 e. The molecular weight excluding hydrogens is 633 g/mol. The van der Waals surface area contributed by atoms with E-state index in [1.165, 1.54) is 77.0 Å². The van der Waals surface area contributed by atoms with E-state index in [-0.39, 0.29) is 0 Å². The Labute approximate surface area is 191 Å². The van der Waals surface area contributed by atoms with Gasteiger partial charge in [0.15, 0.2) is 0 Å². The van der Waals surface area contributed by atoms with Gasteiger partial charge in [-0.25, -0.2) is 0 Å². The Kier molecular flexibility index (Phi) is 13.2. The lowest BCUT2D eigenvalue weighted by Gasteiger charge is -2.20. The fourth-order valence-electron chi connectivity index (χ4n) is 3.15. The molecule has 0 aliphatic carbocycles. The van der Waals surface area contributed by atoms with E-state index < -0.39 is 0 Å². The zero-order chi connectivity index (χ0) is 17.9. The Balaban J connectivity index is 3.14. The fourth-order valence-corrected chi connectivity index (χ4v) is 7.93. The summed E-state index contributed by atoms with van der Waals surface area (Å²) < 4.78 is 4.73. The van der Waals surface area contributed by atoms with Crippen LogP contribution in [-0.2, 0) is 19.3 Å². The van der Waals surface area contributed by atoms with Crippen molar-refractivity contribution in [2.45, 2.75) is 97.8 Å². The summed E-state index contributed by atoms with van der Waals surface area (Å²) in [6.07, 6.45) is 15.8. The highest BCUT2D eigenvalue weighted by Crippen LogP contribution is 2.35. The van der Waals surface area contributed by atoms with Crippen molar-refractivity contribution in [3.05, 3.63) is 27.4 Å². The molecule has 24 heavy (non-hydrogen) atoms. The van der Waals surface area contributed by atoms with E-state index in [1.54, 1.807) is 27.4 Å². The summed E-state index contributed by atoms with van der Waals surface area (Å²) in [6, 6.07) is 0.